The lowest BCUT2D eigenvalue weighted by Gasteiger charge is -2.20. The Labute approximate surface area is 109 Å². The molecule has 0 amide bonds. The zero-order valence-corrected chi connectivity index (χ0v) is 11.8. The van der Waals surface area contributed by atoms with Gasteiger partial charge in [0.25, 0.3) is 0 Å². The number of nitrogens with two attached hydrogens (primary N) is 1. The molecule has 0 fully saturated rings. The zero-order chi connectivity index (χ0) is 13.5. The Morgan fingerprint density at radius 2 is 2.28 bits per heavy atom. The summed E-state index contributed by atoms with van der Waals surface area (Å²) in [6, 6.07) is 0.0522. The predicted octanol–water partition coefficient (Wildman–Crippen LogP) is 0.758. The van der Waals surface area contributed by atoms with E-state index in [0.29, 0.717) is 0 Å². The van der Waals surface area contributed by atoms with Crippen LogP contribution in [-0.4, -0.2) is 42.4 Å². The van der Waals surface area contributed by atoms with Gasteiger partial charge in [-0.25, -0.2) is 0 Å². The highest BCUT2D eigenvalue weighted by Gasteiger charge is 2.20. The number of nitrogens with zero attached hydrogens (tertiary/aromatic N) is 3. The molecule has 18 heavy (non-hydrogen) atoms. The quantitative estimate of drug-likeness (QED) is 0.530. The van der Waals surface area contributed by atoms with E-state index >= 15 is 0 Å². The van der Waals surface area contributed by atoms with Crippen LogP contribution >= 0.6 is 0 Å². The maximum Gasteiger partial charge on any atom is 0.161 e. The summed E-state index contributed by atoms with van der Waals surface area (Å²) in [6.45, 7) is 3.96. The Hall–Kier alpha value is -1.11. The van der Waals surface area contributed by atoms with Gasteiger partial charge < -0.3 is 9.64 Å². The second kappa shape index (κ2) is 7.35. The van der Waals surface area contributed by atoms with Gasteiger partial charge in [-0.3, -0.25) is 16.0 Å². The summed E-state index contributed by atoms with van der Waals surface area (Å²) in [7, 11) is 5.76. The summed E-state index contributed by atoms with van der Waals surface area (Å²) in [5.41, 5.74) is 3.90. The Bertz CT molecular complexity index is 350. The third-order valence-electron chi connectivity index (χ3n) is 2.90. The lowest BCUT2D eigenvalue weighted by atomic mass is 10.1. The molecule has 104 valence electrons. The van der Waals surface area contributed by atoms with Crippen molar-refractivity contribution in [2.45, 2.75) is 32.4 Å². The molecule has 0 aliphatic carbocycles. The zero-order valence-electron chi connectivity index (χ0n) is 11.8. The molecule has 3 N–H and O–H groups in total. The van der Waals surface area contributed by atoms with Crippen molar-refractivity contribution in [3.8, 4) is 5.75 Å². The summed E-state index contributed by atoms with van der Waals surface area (Å²) in [4.78, 5) is 2.14. The molecule has 0 radical (unpaired) electrons. The highest BCUT2D eigenvalue weighted by atomic mass is 16.5. The molecule has 6 heteroatoms. The van der Waals surface area contributed by atoms with Crippen LogP contribution in [0.5, 0.6) is 5.75 Å². The van der Waals surface area contributed by atoms with E-state index in [9.17, 15) is 0 Å². The van der Waals surface area contributed by atoms with Crippen molar-refractivity contribution in [3.63, 3.8) is 0 Å². The molecule has 0 aliphatic heterocycles. The van der Waals surface area contributed by atoms with E-state index in [1.54, 1.807) is 13.3 Å². The van der Waals surface area contributed by atoms with Crippen molar-refractivity contribution in [1.82, 2.24) is 20.1 Å². The van der Waals surface area contributed by atoms with E-state index in [2.05, 4.69) is 22.3 Å². The van der Waals surface area contributed by atoms with Crippen LogP contribution in [0.15, 0.2) is 6.20 Å². The van der Waals surface area contributed by atoms with E-state index in [0.717, 1.165) is 37.4 Å². The van der Waals surface area contributed by atoms with Crippen LogP contribution in [0, 0.1) is 0 Å². The van der Waals surface area contributed by atoms with Gasteiger partial charge in [-0.05, 0) is 33.5 Å². The maximum atomic E-state index is 5.67. The fourth-order valence-corrected chi connectivity index (χ4v) is 1.96. The Kier molecular flexibility index (Phi) is 6.11. The number of aryl methyl sites for hydroxylation is 1. The van der Waals surface area contributed by atoms with Gasteiger partial charge in [-0.15, -0.1) is 0 Å². The minimum atomic E-state index is 0.0522. The van der Waals surface area contributed by atoms with Gasteiger partial charge >= 0.3 is 0 Å². The Morgan fingerprint density at radius 3 is 2.78 bits per heavy atom. The molecule has 0 saturated heterocycles. The lowest BCUT2D eigenvalue weighted by molar-refractivity contribution is 0.341. The largest absolute Gasteiger partial charge is 0.493 e. The molecule has 1 atom stereocenters. The van der Waals surface area contributed by atoms with Gasteiger partial charge in [0.15, 0.2) is 5.75 Å². The molecular weight excluding hydrogens is 230 g/mol. The first kappa shape index (κ1) is 14.9. The molecule has 6 nitrogen and oxygen atoms in total. The molecule has 1 heterocycles. The van der Waals surface area contributed by atoms with E-state index in [4.69, 9.17) is 10.6 Å². The van der Waals surface area contributed by atoms with Crippen LogP contribution in [0.25, 0.3) is 0 Å². The summed E-state index contributed by atoms with van der Waals surface area (Å²) in [5.74, 6) is 6.47. The Morgan fingerprint density at radius 1 is 1.56 bits per heavy atom. The van der Waals surface area contributed by atoms with Gasteiger partial charge in [0.1, 0.15) is 0 Å². The van der Waals surface area contributed by atoms with Gasteiger partial charge in [-0.1, -0.05) is 6.92 Å². The molecule has 1 rings (SSSR count). The van der Waals surface area contributed by atoms with Crippen molar-refractivity contribution in [3.05, 3.63) is 11.9 Å². The molecule has 0 aliphatic rings. The monoisotopic (exact) mass is 255 g/mol. The molecular formula is C12H25N5O. The van der Waals surface area contributed by atoms with Crippen molar-refractivity contribution >= 4 is 0 Å². The minimum absolute atomic E-state index is 0.0522. The second-order valence-corrected chi connectivity index (χ2v) is 4.63. The first-order valence-corrected chi connectivity index (χ1v) is 6.34. The summed E-state index contributed by atoms with van der Waals surface area (Å²) < 4.78 is 7.34. The fraction of sp³-hybridized carbons (Fsp3) is 0.750. The molecule has 1 aromatic heterocycles. The number of methoxy groups -OCH3 is 1. The predicted molar refractivity (Wildman–Crippen MR) is 72.3 cm³/mol. The number of hydrogen-bond acceptors (Lipinski definition) is 5. The van der Waals surface area contributed by atoms with E-state index in [1.807, 2.05) is 18.8 Å². The fourth-order valence-electron chi connectivity index (χ4n) is 1.96. The number of hydrogen-bond donors (Lipinski definition) is 2. The normalized spacial score (nSPS) is 13.0. The molecule has 0 spiro atoms. The molecule has 0 saturated carbocycles. The van der Waals surface area contributed by atoms with Crippen LogP contribution in [0.4, 0.5) is 0 Å². The smallest absolute Gasteiger partial charge is 0.161 e. The van der Waals surface area contributed by atoms with Crippen LogP contribution in [0.2, 0.25) is 0 Å². The average Bonchev–Trinajstić information content (AvgIpc) is 2.74. The highest BCUT2D eigenvalue weighted by Crippen LogP contribution is 2.26. The third-order valence-corrected chi connectivity index (χ3v) is 2.90. The molecule has 1 unspecified atom stereocenters. The van der Waals surface area contributed by atoms with Gasteiger partial charge in [0.05, 0.1) is 25.0 Å². The minimum Gasteiger partial charge on any atom is -0.493 e. The summed E-state index contributed by atoms with van der Waals surface area (Å²) in [5, 5.41) is 4.36. The topological polar surface area (TPSA) is 68.3 Å². The van der Waals surface area contributed by atoms with E-state index < -0.39 is 0 Å². The van der Waals surface area contributed by atoms with E-state index in [-0.39, 0.29) is 6.04 Å². The second-order valence-electron chi connectivity index (χ2n) is 4.63. The number of aromatic nitrogens is 2. The van der Waals surface area contributed by atoms with Crippen molar-refractivity contribution in [2.24, 2.45) is 5.84 Å². The summed E-state index contributed by atoms with van der Waals surface area (Å²) >= 11 is 0. The van der Waals surface area contributed by atoms with Crippen LogP contribution < -0.4 is 16.0 Å². The first-order chi connectivity index (χ1) is 8.63. The molecule has 0 bridgehead atoms. The molecule has 0 aromatic carbocycles. The number of rotatable bonds is 8. The highest BCUT2D eigenvalue weighted by molar-refractivity contribution is 5.28. The summed E-state index contributed by atoms with van der Waals surface area (Å²) in [6.07, 6.45) is 3.70. The van der Waals surface area contributed by atoms with Gasteiger partial charge in [0, 0.05) is 6.54 Å². The van der Waals surface area contributed by atoms with Crippen molar-refractivity contribution < 1.29 is 4.74 Å². The van der Waals surface area contributed by atoms with Crippen LogP contribution in [0.1, 0.15) is 31.5 Å². The maximum absolute atomic E-state index is 5.67. The van der Waals surface area contributed by atoms with Crippen molar-refractivity contribution in [2.75, 3.05) is 27.7 Å². The first-order valence-electron chi connectivity index (χ1n) is 6.34. The average molecular weight is 255 g/mol. The standard InChI is InChI=1S/C12H25N5O/c1-5-7-17-12(11(18-4)9-14-17)10(15-13)6-8-16(2)3/h9-10,15H,5-8,13H2,1-4H3. The number of nitrogens with one attached hydrogen (secondary N) is 1. The van der Waals surface area contributed by atoms with Crippen molar-refractivity contribution in [1.29, 1.82) is 0 Å². The van der Waals surface area contributed by atoms with Crippen LogP contribution in [0.3, 0.4) is 0 Å². The van der Waals surface area contributed by atoms with Gasteiger partial charge in [-0.2, -0.15) is 5.10 Å². The SMILES string of the molecule is CCCn1ncc(OC)c1C(CCN(C)C)NN. The third kappa shape index (κ3) is 3.69. The lowest BCUT2D eigenvalue weighted by Crippen LogP contribution is -2.32. The van der Waals surface area contributed by atoms with E-state index in [1.165, 1.54) is 0 Å². The van der Waals surface area contributed by atoms with Crippen LogP contribution in [-0.2, 0) is 6.54 Å². The Balaban J connectivity index is 2.90. The number of ether oxygens (including phenoxy) is 1. The van der Waals surface area contributed by atoms with Gasteiger partial charge in [0.2, 0.25) is 0 Å². The number of hydrazine groups is 1. The molecule has 1 aromatic rings.